The zero-order valence-electron chi connectivity index (χ0n) is 16.8. The predicted octanol–water partition coefficient (Wildman–Crippen LogP) is 2.65. The van der Waals surface area contributed by atoms with E-state index in [0.717, 1.165) is 25.7 Å². The van der Waals surface area contributed by atoms with E-state index in [9.17, 15) is 14.4 Å². The molecule has 6 heteroatoms. The fourth-order valence-corrected chi connectivity index (χ4v) is 8.39. The molecule has 0 unspecified atom stereocenters. The van der Waals surface area contributed by atoms with Crippen LogP contribution in [0, 0.1) is 39.9 Å². The first-order valence-corrected chi connectivity index (χ1v) is 10.3. The first-order chi connectivity index (χ1) is 13.3. The number of ether oxygens (including phenoxy) is 3. The summed E-state index contributed by atoms with van der Waals surface area (Å²) in [5.41, 5.74) is -1.04. The second-order valence-electron chi connectivity index (χ2n) is 9.82. The Bertz CT molecular complexity index is 803. The third-order valence-electron chi connectivity index (χ3n) is 9.23. The Labute approximate surface area is 165 Å². The minimum absolute atomic E-state index is 0.0160. The minimum Gasteiger partial charge on any atom is -0.469 e. The van der Waals surface area contributed by atoms with E-state index < -0.39 is 34.7 Å². The van der Waals surface area contributed by atoms with Crippen LogP contribution < -0.4 is 0 Å². The Morgan fingerprint density at radius 3 is 2.57 bits per heavy atom. The van der Waals surface area contributed by atoms with Crippen LogP contribution in [0.1, 0.15) is 45.4 Å². The highest BCUT2D eigenvalue weighted by Crippen LogP contribution is 2.79. The van der Waals surface area contributed by atoms with Gasteiger partial charge in [-0.25, -0.2) is 0 Å². The molecule has 0 N–H and O–H groups in total. The van der Waals surface area contributed by atoms with Gasteiger partial charge in [-0.05, 0) is 62.7 Å². The summed E-state index contributed by atoms with van der Waals surface area (Å²) in [7, 11) is 2.77. The van der Waals surface area contributed by atoms with Crippen LogP contribution in [0.2, 0.25) is 0 Å². The largest absolute Gasteiger partial charge is 0.469 e. The number of carbonyl (C=O) groups is 3. The maximum absolute atomic E-state index is 13.4. The number of rotatable bonds is 2. The van der Waals surface area contributed by atoms with Crippen LogP contribution in [0.5, 0.6) is 0 Å². The normalized spacial score (nSPS) is 50.6. The molecule has 4 bridgehead atoms. The number of esters is 3. The average Bonchev–Trinajstić information content (AvgIpc) is 3.10. The van der Waals surface area contributed by atoms with Gasteiger partial charge in [-0.15, -0.1) is 0 Å². The van der Waals surface area contributed by atoms with Gasteiger partial charge in [0, 0.05) is 5.92 Å². The van der Waals surface area contributed by atoms with E-state index in [1.807, 2.05) is 6.92 Å². The third kappa shape index (κ3) is 1.70. The summed E-state index contributed by atoms with van der Waals surface area (Å²) in [6.07, 6.45) is 4.19. The van der Waals surface area contributed by atoms with E-state index >= 15 is 0 Å². The summed E-state index contributed by atoms with van der Waals surface area (Å²) in [5.74, 6) is -1.48. The van der Waals surface area contributed by atoms with E-state index in [2.05, 4.69) is 6.58 Å². The molecule has 6 aliphatic rings. The Balaban J connectivity index is 1.78. The van der Waals surface area contributed by atoms with Crippen molar-refractivity contribution in [3.63, 3.8) is 0 Å². The highest BCUT2D eigenvalue weighted by molar-refractivity contribution is 5.90. The van der Waals surface area contributed by atoms with Crippen molar-refractivity contribution in [2.75, 3.05) is 14.2 Å². The van der Waals surface area contributed by atoms with Gasteiger partial charge in [0.1, 0.15) is 11.5 Å². The molecule has 4 aliphatic carbocycles. The fraction of sp³-hybridized carbons (Fsp3) is 0.773. The van der Waals surface area contributed by atoms with Crippen LogP contribution in [0.15, 0.2) is 12.2 Å². The molecule has 6 fully saturated rings. The first kappa shape index (κ1) is 18.2. The third-order valence-corrected chi connectivity index (χ3v) is 9.23. The summed E-state index contributed by atoms with van der Waals surface area (Å²) in [4.78, 5) is 39.7. The Morgan fingerprint density at radius 2 is 1.93 bits per heavy atom. The van der Waals surface area contributed by atoms with Gasteiger partial charge in [0.15, 0.2) is 0 Å². The molecule has 28 heavy (non-hydrogen) atoms. The van der Waals surface area contributed by atoms with Crippen molar-refractivity contribution in [2.45, 2.75) is 51.6 Å². The monoisotopic (exact) mass is 388 g/mol. The van der Waals surface area contributed by atoms with Crippen LogP contribution >= 0.6 is 0 Å². The molecule has 8 atom stereocenters. The second-order valence-corrected chi connectivity index (χ2v) is 9.82. The van der Waals surface area contributed by atoms with Crippen molar-refractivity contribution in [3.05, 3.63) is 12.2 Å². The molecule has 0 aromatic heterocycles. The quantitative estimate of drug-likeness (QED) is 0.411. The van der Waals surface area contributed by atoms with Gasteiger partial charge in [0.05, 0.1) is 25.6 Å². The standard InChI is InChI=1S/C22H28O6/c1-11-9-21-10-12(11)5-6-13(21)22-8-7-14(28-19(22)25)20(2,18(24)27-4)16(22)15(21)17(23)26-3/h12-16H,1,5-10H2,2-4H3/t12-,13-,14-,15-,16-,20-,21+,22-/m1/s1. The molecule has 2 aliphatic heterocycles. The van der Waals surface area contributed by atoms with Crippen LogP contribution in [0.4, 0.5) is 0 Å². The predicted molar refractivity (Wildman–Crippen MR) is 97.7 cm³/mol. The lowest BCUT2D eigenvalue weighted by Crippen LogP contribution is -2.66. The lowest BCUT2D eigenvalue weighted by Gasteiger charge is -2.58. The van der Waals surface area contributed by atoms with Gasteiger partial charge in [-0.3, -0.25) is 14.4 Å². The van der Waals surface area contributed by atoms with Crippen LogP contribution in [-0.2, 0) is 28.6 Å². The number of carbonyl (C=O) groups excluding carboxylic acids is 3. The minimum atomic E-state index is -1.04. The van der Waals surface area contributed by atoms with Crippen LogP contribution in [0.3, 0.4) is 0 Å². The van der Waals surface area contributed by atoms with Crippen molar-refractivity contribution >= 4 is 17.9 Å². The molecular weight excluding hydrogens is 360 g/mol. The Hall–Kier alpha value is -1.85. The molecule has 2 heterocycles. The summed E-state index contributed by atoms with van der Waals surface area (Å²) >= 11 is 0. The topological polar surface area (TPSA) is 78.9 Å². The summed E-state index contributed by atoms with van der Waals surface area (Å²) in [6, 6.07) is 0. The number of hydrogen-bond acceptors (Lipinski definition) is 6. The molecule has 6 rings (SSSR count). The molecular formula is C22H28O6. The lowest BCUT2D eigenvalue weighted by molar-refractivity contribution is -0.235. The molecule has 152 valence electrons. The van der Waals surface area contributed by atoms with Crippen molar-refractivity contribution < 1.29 is 28.6 Å². The average molecular weight is 388 g/mol. The van der Waals surface area contributed by atoms with Gasteiger partial charge in [0.2, 0.25) is 0 Å². The molecule has 0 amide bonds. The lowest BCUT2D eigenvalue weighted by atomic mass is 9.49. The summed E-state index contributed by atoms with van der Waals surface area (Å²) < 4.78 is 16.3. The number of allylic oxidation sites excluding steroid dienone is 1. The smallest absolute Gasteiger partial charge is 0.315 e. The Morgan fingerprint density at radius 1 is 1.18 bits per heavy atom. The van der Waals surface area contributed by atoms with Crippen LogP contribution in [-0.4, -0.2) is 38.2 Å². The van der Waals surface area contributed by atoms with E-state index in [-0.39, 0.29) is 23.3 Å². The summed E-state index contributed by atoms with van der Waals surface area (Å²) in [5, 5.41) is 0. The zero-order chi connectivity index (χ0) is 20.1. The molecule has 0 aromatic rings. The van der Waals surface area contributed by atoms with Gasteiger partial charge in [0.25, 0.3) is 0 Å². The van der Waals surface area contributed by atoms with Crippen molar-refractivity contribution in [1.82, 2.24) is 0 Å². The first-order valence-electron chi connectivity index (χ1n) is 10.3. The van der Waals surface area contributed by atoms with E-state index in [1.165, 1.54) is 19.8 Å². The molecule has 2 spiro atoms. The zero-order valence-corrected chi connectivity index (χ0v) is 16.8. The SMILES string of the molecule is C=C1C[C@]23C[C@H]1CC[C@H]2[C@@]12CC[C@@H](OC1=O)[C@@](C)(C(=O)OC)[C@H]2[C@@H]3C(=O)OC. The van der Waals surface area contributed by atoms with Gasteiger partial charge < -0.3 is 14.2 Å². The molecule has 6 nitrogen and oxygen atoms in total. The van der Waals surface area contributed by atoms with Crippen LogP contribution in [0.25, 0.3) is 0 Å². The highest BCUT2D eigenvalue weighted by Gasteiger charge is 2.83. The molecule has 4 saturated carbocycles. The molecule has 0 aromatic carbocycles. The fourth-order valence-electron chi connectivity index (χ4n) is 8.39. The van der Waals surface area contributed by atoms with Gasteiger partial charge >= 0.3 is 17.9 Å². The van der Waals surface area contributed by atoms with E-state index in [4.69, 9.17) is 14.2 Å². The highest BCUT2D eigenvalue weighted by atomic mass is 16.6. The van der Waals surface area contributed by atoms with Gasteiger partial charge in [-0.2, -0.15) is 0 Å². The maximum Gasteiger partial charge on any atom is 0.315 e. The second kappa shape index (κ2) is 5.39. The summed E-state index contributed by atoms with van der Waals surface area (Å²) in [6.45, 7) is 6.13. The van der Waals surface area contributed by atoms with Crippen molar-refractivity contribution in [2.24, 2.45) is 39.9 Å². The Kier molecular flexibility index (Phi) is 3.50. The number of hydrogen-bond donors (Lipinski definition) is 0. The number of methoxy groups -OCH3 is 2. The molecule has 2 saturated heterocycles. The number of fused-ring (bicyclic) bond motifs is 3. The van der Waals surface area contributed by atoms with Crippen molar-refractivity contribution in [3.8, 4) is 0 Å². The van der Waals surface area contributed by atoms with Gasteiger partial charge in [-0.1, -0.05) is 12.2 Å². The van der Waals surface area contributed by atoms with E-state index in [0.29, 0.717) is 18.8 Å². The maximum atomic E-state index is 13.4. The van der Waals surface area contributed by atoms with E-state index in [1.54, 1.807) is 0 Å². The van der Waals surface area contributed by atoms with Crippen molar-refractivity contribution in [1.29, 1.82) is 0 Å². The molecule has 0 radical (unpaired) electrons.